The molecular formula is C17H25N5O3. The molecular weight excluding hydrogens is 322 g/mol. The van der Waals surface area contributed by atoms with Crippen molar-refractivity contribution in [2.75, 3.05) is 57.8 Å². The van der Waals surface area contributed by atoms with E-state index in [1.165, 1.54) is 0 Å². The highest BCUT2D eigenvalue weighted by Gasteiger charge is 2.24. The monoisotopic (exact) mass is 347 g/mol. The number of amides is 2. The average Bonchev–Trinajstić information content (AvgIpc) is 3.00. The zero-order valence-corrected chi connectivity index (χ0v) is 14.8. The molecule has 0 unspecified atom stereocenters. The molecule has 1 aromatic heterocycles. The number of anilines is 1. The van der Waals surface area contributed by atoms with Gasteiger partial charge in [-0.25, -0.2) is 9.78 Å². The third-order valence-electron chi connectivity index (χ3n) is 4.55. The van der Waals surface area contributed by atoms with Gasteiger partial charge in [0.25, 0.3) is 5.91 Å². The molecule has 136 valence electrons. The Hall–Kier alpha value is -2.35. The second-order valence-corrected chi connectivity index (χ2v) is 6.63. The molecule has 0 aromatic carbocycles. The van der Waals surface area contributed by atoms with Crippen molar-refractivity contribution < 1.29 is 14.3 Å². The van der Waals surface area contributed by atoms with Gasteiger partial charge in [-0.1, -0.05) is 0 Å². The van der Waals surface area contributed by atoms with E-state index >= 15 is 0 Å². The lowest BCUT2D eigenvalue weighted by molar-refractivity contribution is 0.0930. The molecule has 0 aliphatic carbocycles. The number of pyridine rings is 1. The molecule has 25 heavy (non-hydrogen) atoms. The fourth-order valence-corrected chi connectivity index (χ4v) is 3.04. The number of hydrogen-bond acceptors (Lipinski definition) is 6. The van der Waals surface area contributed by atoms with Crippen LogP contribution in [-0.2, 0) is 4.74 Å². The number of ether oxygens (including phenoxy) is 1. The summed E-state index contributed by atoms with van der Waals surface area (Å²) in [6.45, 7) is 7.10. The lowest BCUT2D eigenvalue weighted by atomic mass is 10.2. The molecule has 2 amide bonds. The van der Waals surface area contributed by atoms with E-state index in [2.05, 4.69) is 27.1 Å². The number of aromatic nitrogens is 1. The van der Waals surface area contributed by atoms with E-state index in [0.717, 1.165) is 32.0 Å². The minimum atomic E-state index is -0.317. The lowest BCUT2D eigenvalue weighted by Gasteiger charge is -2.33. The molecule has 0 bridgehead atoms. The third kappa shape index (κ3) is 4.39. The predicted octanol–water partition coefficient (Wildman–Crippen LogP) is 0.404. The van der Waals surface area contributed by atoms with Gasteiger partial charge in [0.1, 0.15) is 12.4 Å². The first-order valence-electron chi connectivity index (χ1n) is 8.65. The SMILES string of the molecule is C[C@H](CN1CCOC1=O)NC(=O)c1ccnc(N2CCN(C)CC2)c1. The summed E-state index contributed by atoms with van der Waals surface area (Å²) in [4.78, 5) is 34.5. The highest BCUT2D eigenvalue weighted by molar-refractivity contribution is 5.95. The van der Waals surface area contributed by atoms with E-state index in [1.54, 1.807) is 17.2 Å². The topological polar surface area (TPSA) is 78.0 Å². The maximum atomic E-state index is 12.5. The Morgan fingerprint density at radius 2 is 2.08 bits per heavy atom. The number of carbonyl (C=O) groups excluding carboxylic acids is 2. The van der Waals surface area contributed by atoms with Crippen molar-refractivity contribution in [1.82, 2.24) is 20.1 Å². The van der Waals surface area contributed by atoms with Crippen LogP contribution >= 0.6 is 0 Å². The number of hydrogen-bond donors (Lipinski definition) is 1. The van der Waals surface area contributed by atoms with Gasteiger partial charge in [0.15, 0.2) is 0 Å². The standard InChI is InChI=1S/C17H25N5O3/c1-13(12-22-9-10-25-17(22)24)19-16(23)14-3-4-18-15(11-14)21-7-5-20(2)6-8-21/h3-4,11,13H,5-10,12H2,1-2H3,(H,19,23)/t13-/m1/s1. The molecule has 8 nitrogen and oxygen atoms in total. The van der Waals surface area contributed by atoms with Crippen LogP contribution in [0.15, 0.2) is 18.3 Å². The Morgan fingerprint density at radius 3 is 2.76 bits per heavy atom. The number of carbonyl (C=O) groups is 2. The number of rotatable bonds is 5. The Morgan fingerprint density at radius 1 is 1.32 bits per heavy atom. The van der Waals surface area contributed by atoms with E-state index in [-0.39, 0.29) is 18.0 Å². The average molecular weight is 347 g/mol. The van der Waals surface area contributed by atoms with Crippen LogP contribution in [0.2, 0.25) is 0 Å². The molecule has 3 rings (SSSR count). The Labute approximate surface area is 147 Å². The van der Waals surface area contributed by atoms with Crippen LogP contribution < -0.4 is 10.2 Å². The summed E-state index contributed by atoms with van der Waals surface area (Å²) >= 11 is 0. The van der Waals surface area contributed by atoms with Gasteiger partial charge in [0, 0.05) is 50.5 Å². The number of likely N-dealkylation sites (N-methyl/N-ethyl adjacent to an activating group) is 1. The van der Waals surface area contributed by atoms with Crippen LogP contribution in [0.4, 0.5) is 10.6 Å². The number of piperazine rings is 1. The summed E-state index contributed by atoms with van der Waals surface area (Å²) in [7, 11) is 2.10. The summed E-state index contributed by atoms with van der Waals surface area (Å²) in [5, 5.41) is 2.94. The van der Waals surface area contributed by atoms with Gasteiger partial charge in [-0.3, -0.25) is 4.79 Å². The van der Waals surface area contributed by atoms with Crippen molar-refractivity contribution in [3.63, 3.8) is 0 Å². The van der Waals surface area contributed by atoms with Gasteiger partial charge < -0.3 is 24.8 Å². The van der Waals surface area contributed by atoms with Gasteiger partial charge >= 0.3 is 6.09 Å². The van der Waals surface area contributed by atoms with Gasteiger partial charge in [-0.05, 0) is 26.1 Å². The largest absolute Gasteiger partial charge is 0.448 e. The summed E-state index contributed by atoms with van der Waals surface area (Å²) < 4.78 is 4.90. The van der Waals surface area contributed by atoms with Crippen molar-refractivity contribution in [2.45, 2.75) is 13.0 Å². The Bertz CT molecular complexity index is 630. The van der Waals surface area contributed by atoms with Crippen LogP contribution in [0.5, 0.6) is 0 Å². The van der Waals surface area contributed by atoms with Crippen LogP contribution in [-0.4, -0.2) is 85.7 Å². The van der Waals surface area contributed by atoms with Gasteiger partial charge in [-0.2, -0.15) is 0 Å². The molecule has 3 heterocycles. The van der Waals surface area contributed by atoms with Gasteiger partial charge in [0.2, 0.25) is 0 Å². The molecule has 8 heteroatoms. The first-order valence-corrected chi connectivity index (χ1v) is 8.65. The summed E-state index contributed by atoms with van der Waals surface area (Å²) in [5.41, 5.74) is 0.583. The number of nitrogens with zero attached hydrogens (tertiary/aromatic N) is 4. The second-order valence-electron chi connectivity index (χ2n) is 6.63. The molecule has 0 spiro atoms. The fraction of sp³-hybridized carbons (Fsp3) is 0.588. The lowest BCUT2D eigenvalue weighted by Crippen LogP contribution is -2.45. The van der Waals surface area contributed by atoms with E-state index in [4.69, 9.17) is 4.74 Å². The summed E-state index contributed by atoms with van der Waals surface area (Å²) in [6.07, 6.45) is 1.35. The van der Waals surface area contributed by atoms with Crippen molar-refractivity contribution in [1.29, 1.82) is 0 Å². The molecule has 2 fully saturated rings. The highest BCUT2D eigenvalue weighted by atomic mass is 16.6. The molecule has 0 radical (unpaired) electrons. The zero-order chi connectivity index (χ0) is 17.8. The fourth-order valence-electron chi connectivity index (χ4n) is 3.04. The highest BCUT2D eigenvalue weighted by Crippen LogP contribution is 2.15. The second kappa shape index (κ2) is 7.69. The molecule has 1 atom stereocenters. The van der Waals surface area contributed by atoms with Gasteiger partial charge in [-0.15, -0.1) is 0 Å². The van der Waals surface area contributed by atoms with Crippen LogP contribution in [0.1, 0.15) is 17.3 Å². The first kappa shape index (κ1) is 17.5. The van der Waals surface area contributed by atoms with E-state index in [1.807, 2.05) is 13.0 Å². The smallest absolute Gasteiger partial charge is 0.410 e. The molecule has 0 saturated carbocycles. The first-order chi connectivity index (χ1) is 12.0. The van der Waals surface area contributed by atoms with E-state index in [9.17, 15) is 9.59 Å². The Kier molecular flexibility index (Phi) is 5.37. The number of nitrogens with one attached hydrogen (secondary N) is 1. The van der Waals surface area contributed by atoms with Crippen molar-refractivity contribution in [2.24, 2.45) is 0 Å². The van der Waals surface area contributed by atoms with Crippen LogP contribution in [0.3, 0.4) is 0 Å². The maximum Gasteiger partial charge on any atom is 0.410 e. The minimum absolute atomic E-state index is 0.154. The summed E-state index contributed by atoms with van der Waals surface area (Å²) in [5.74, 6) is 0.675. The van der Waals surface area contributed by atoms with Crippen molar-refractivity contribution in [3.8, 4) is 0 Å². The quantitative estimate of drug-likeness (QED) is 0.831. The zero-order valence-electron chi connectivity index (χ0n) is 14.8. The molecule has 2 aliphatic rings. The van der Waals surface area contributed by atoms with Crippen molar-refractivity contribution in [3.05, 3.63) is 23.9 Å². The molecule has 2 saturated heterocycles. The molecule has 1 aromatic rings. The number of cyclic esters (lactones) is 1. The van der Waals surface area contributed by atoms with Gasteiger partial charge in [0.05, 0.1) is 6.54 Å². The van der Waals surface area contributed by atoms with Crippen LogP contribution in [0.25, 0.3) is 0 Å². The van der Waals surface area contributed by atoms with Crippen molar-refractivity contribution >= 4 is 17.8 Å². The molecule has 1 N–H and O–H groups in total. The molecule has 2 aliphatic heterocycles. The normalized spacial score (nSPS) is 19.7. The van der Waals surface area contributed by atoms with E-state index in [0.29, 0.717) is 25.3 Å². The minimum Gasteiger partial charge on any atom is -0.448 e. The third-order valence-corrected chi connectivity index (χ3v) is 4.55. The maximum absolute atomic E-state index is 12.5. The van der Waals surface area contributed by atoms with E-state index < -0.39 is 0 Å². The predicted molar refractivity (Wildman–Crippen MR) is 93.8 cm³/mol. The van der Waals surface area contributed by atoms with Crippen LogP contribution in [0, 0.1) is 0 Å². The summed E-state index contributed by atoms with van der Waals surface area (Å²) in [6, 6.07) is 3.39. The Balaban J connectivity index is 1.58.